The van der Waals surface area contributed by atoms with Crippen LogP contribution in [-0.4, -0.2) is 11.0 Å². The Kier molecular flexibility index (Phi) is 5.05. The van der Waals surface area contributed by atoms with Gasteiger partial charge in [0.1, 0.15) is 0 Å². The highest BCUT2D eigenvalue weighted by molar-refractivity contribution is 14.1. The molecule has 0 spiro atoms. The van der Waals surface area contributed by atoms with Gasteiger partial charge in [0, 0.05) is 7.11 Å². The molecule has 0 aromatic rings. The van der Waals surface area contributed by atoms with E-state index < -0.39 is 0 Å². The molecule has 0 saturated heterocycles. The summed E-state index contributed by atoms with van der Waals surface area (Å²) >= 11 is 3.75. The molecule has 0 amide bonds. The Hall–Kier alpha value is 1.10. The Morgan fingerprint density at radius 3 is 2.33 bits per heavy atom. The molecule has 0 saturated carbocycles. The highest BCUT2D eigenvalue weighted by atomic mass is 127. The number of hydrogen-bond donors (Lipinski definition) is 0. The largest absolute Gasteiger partial charge is 0.329 e. The summed E-state index contributed by atoms with van der Waals surface area (Å²) in [6, 6.07) is 0. The molecule has 36 valence electrons. The number of hydrogen-bond acceptors (Lipinski definition) is 2. The van der Waals surface area contributed by atoms with E-state index in [-0.39, 0.29) is 0 Å². The van der Waals surface area contributed by atoms with Crippen molar-refractivity contribution in [2.45, 2.75) is 6.82 Å². The zero-order chi connectivity index (χ0) is 4.99. The quantitative estimate of drug-likeness (QED) is 0.395. The monoisotopic (exact) mass is 216 g/mol. The van der Waals surface area contributed by atoms with Crippen LogP contribution in [0.3, 0.4) is 0 Å². The van der Waals surface area contributed by atoms with Crippen molar-refractivity contribution in [3.8, 4) is 0 Å². The Balaban J connectivity index is 2.63. The van der Waals surface area contributed by atoms with Crippen molar-refractivity contribution in [1.29, 1.82) is 0 Å². The minimum atomic E-state index is 0.563. The third kappa shape index (κ3) is 5.10. The summed E-state index contributed by atoms with van der Waals surface area (Å²) in [7, 11) is 1.68. The molecule has 0 aliphatic carbocycles. The molecule has 0 aromatic carbocycles. The number of rotatable bonds is 2. The number of halogens is 1. The van der Waals surface area contributed by atoms with Gasteiger partial charge in [0.25, 0.3) is 0 Å². The van der Waals surface area contributed by atoms with E-state index >= 15 is 0 Å². The molecule has 0 unspecified atom stereocenters. The smallest absolute Gasteiger partial charge is 0.313 e. The van der Waals surface area contributed by atoms with E-state index in [1.165, 1.54) is 11.9 Å². The van der Waals surface area contributed by atoms with Gasteiger partial charge in [0.05, 0.1) is 0 Å². The van der Waals surface area contributed by atoms with Crippen LogP contribution in [0.4, 0.5) is 0 Å². The van der Waals surface area contributed by atoms with Gasteiger partial charge in [-0.2, -0.15) is 0 Å². The maximum Gasteiger partial charge on any atom is 0.313 e. The van der Waals surface area contributed by atoms with Crippen LogP contribution < -0.4 is 0 Å². The third-order valence-corrected chi connectivity index (χ3v) is 1.31. The summed E-state index contributed by atoms with van der Waals surface area (Å²) in [5, 5.41) is 0. The van der Waals surface area contributed by atoms with Crippen LogP contribution >= 0.6 is 34.3 Å². The lowest BCUT2D eigenvalue weighted by atomic mass is 10.2. The van der Waals surface area contributed by atoms with E-state index in [4.69, 9.17) is 4.18 Å². The molecule has 4 heteroatoms. The van der Waals surface area contributed by atoms with Crippen molar-refractivity contribution in [1.82, 2.24) is 0 Å². The summed E-state index contributed by atoms with van der Waals surface area (Å²) in [5.74, 6) is 0. The van der Waals surface area contributed by atoms with Gasteiger partial charge < -0.3 is 4.18 Å². The van der Waals surface area contributed by atoms with Gasteiger partial charge in [-0.05, 0) is 0 Å². The first kappa shape index (κ1) is 7.10. The molecular weight excluding hydrogens is 210 g/mol. The van der Waals surface area contributed by atoms with Crippen molar-refractivity contribution in [2.24, 2.45) is 0 Å². The fourth-order valence-electron chi connectivity index (χ4n) is 0.133. The van der Waals surface area contributed by atoms with Crippen LogP contribution in [0.5, 0.6) is 0 Å². The van der Waals surface area contributed by atoms with Crippen LogP contribution in [0.25, 0.3) is 0 Å². The molecular formula is C2H6BIOS. The zero-order valence-electron chi connectivity index (χ0n) is 3.77. The highest BCUT2D eigenvalue weighted by Crippen LogP contribution is 2.11. The third-order valence-electron chi connectivity index (χ3n) is 0.229. The molecule has 0 bridgehead atoms. The second-order valence-electron chi connectivity index (χ2n) is 0.806. The van der Waals surface area contributed by atoms with Crippen molar-refractivity contribution in [3.05, 3.63) is 0 Å². The lowest BCUT2D eigenvalue weighted by Gasteiger charge is -1.90. The van der Waals surface area contributed by atoms with E-state index in [0.29, 0.717) is 3.85 Å². The summed E-state index contributed by atoms with van der Waals surface area (Å²) in [6.07, 6.45) is 0. The predicted octanol–water partition coefficient (Wildman–Crippen LogP) is 1.83. The maximum atomic E-state index is 4.71. The summed E-state index contributed by atoms with van der Waals surface area (Å²) in [6.45, 7) is 2.08. The fourth-order valence-corrected chi connectivity index (χ4v) is 1.02. The van der Waals surface area contributed by atoms with E-state index in [2.05, 4.69) is 29.2 Å². The lowest BCUT2D eigenvalue weighted by Crippen LogP contribution is -1.84. The van der Waals surface area contributed by atoms with Gasteiger partial charge >= 0.3 is 3.85 Å². The lowest BCUT2D eigenvalue weighted by molar-refractivity contribution is 0.497. The molecule has 0 heterocycles. The molecule has 6 heavy (non-hydrogen) atoms. The van der Waals surface area contributed by atoms with Crippen LogP contribution in [0.1, 0.15) is 0 Å². The summed E-state index contributed by atoms with van der Waals surface area (Å²) in [4.78, 5) is 0. The fraction of sp³-hybridized carbons (Fsp3) is 1.00. The SMILES string of the molecule is COSB(C)I. The molecule has 0 N–H and O–H groups in total. The molecule has 0 aliphatic rings. The van der Waals surface area contributed by atoms with Crippen molar-refractivity contribution in [2.75, 3.05) is 7.11 Å². The first-order valence-corrected chi connectivity index (χ1v) is 3.66. The second-order valence-corrected chi connectivity index (χ2v) is 4.75. The maximum absolute atomic E-state index is 4.71. The average Bonchev–Trinajstić information content (AvgIpc) is 1.35. The van der Waals surface area contributed by atoms with Gasteiger partial charge in [0.2, 0.25) is 0 Å². The molecule has 0 atom stereocenters. The Bertz CT molecular complexity index is 34.7. The second kappa shape index (κ2) is 4.27. The van der Waals surface area contributed by atoms with E-state index in [1.807, 2.05) is 0 Å². The molecule has 0 aromatic heterocycles. The van der Waals surface area contributed by atoms with Crippen LogP contribution in [0.2, 0.25) is 6.82 Å². The van der Waals surface area contributed by atoms with E-state index in [0.717, 1.165) is 0 Å². The topological polar surface area (TPSA) is 9.23 Å². The first-order valence-electron chi connectivity index (χ1n) is 1.61. The minimum absolute atomic E-state index is 0.563. The highest BCUT2D eigenvalue weighted by Gasteiger charge is 1.97. The molecule has 0 radical (unpaired) electrons. The van der Waals surface area contributed by atoms with E-state index in [1.54, 1.807) is 7.11 Å². The van der Waals surface area contributed by atoms with Crippen LogP contribution in [0.15, 0.2) is 0 Å². The molecule has 0 aliphatic heterocycles. The van der Waals surface area contributed by atoms with E-state index in [9.17, 15) is 0 Å². The average molecular weight is 216 g/mol. The summed E-state index contributed by atoms with van der Waals surface area (Å²) < 4.78 is 5.28. The van der Waals surface area contributed by atoms with Gasteiger partial charge in [-0.1, -0.05) is 18.7 Å². The van der Waals surface area contributed by atoms with Crippen molar-refractivity contribution < 1.29 is 4.18 Å². The van der Waals surface area contributed by atoms with Crippen molar-refractivity contribution in [3.63, 3.8) is 0 Å². The standard InChI is InChI=1S/C2H6BIOS/c1-3(4)6-5-2/h1-2H3. The molecule has 1 nitrogen and oxygen atoms in total. The van der Waals surface area contributed by atoms with Gasteiger partial charge in [0.15, 0.2) is 0 Å². The Morgan fingerprint density at radius 1 is 1.83 bits per heavy atom. The van der Waals surface area contributed by atoms with Gasteiger partial charge in [-0.3, -0.25) is 0 Å². The normalized spacial score (nSPS) is 8.50. The molecule has 0 fully saturated rings. The first-order chi connectivity index (χ1) is 2.77. The van der Waals surface area contributed by atoms with Gasteiger partial charge in [-0.15, -0.1) is 22.4 Å². The summed E-state index contributed by atoms with van der Waals surface area (Å²) in [5.41, 5.74) is 0. The van der Waals surface area contributed by atoms with Gasteiger partial charge in [-0.25, -0.2) is 0 Å². The van der Waals surface area contributed by atoms with Crippen molar-refractivity contribution >= 4 is 38.1 Å². The predicted molar refractivity (Wildman–Crippen MR) is 40.2 cm³/mol. The Labute approximate surface area is 56.3 Å². The zero-order valence-corrected chi connectivity index (χ0v) is 6.75. The molecule has 0 rings (SSSR count). The minimum Gasteiger partial charge on any atom is -0.329 e. The van der Waals surface area contributed by atoms with Crippen LogP contribution in [0, 0.1) is 0 Å². The Morgan fingerprint density at radius 2 is 2.33 bits per heavy atom. The van der Waals surface area contributed by atoms with Crippen LogP contribution in [-0.2, 0) is 4.18 Å².